The van der Waals surface area contributed by atoms with Crippen LogP contribution in [-0.2, 0) is 12.8 Å². The highest BCUT2D eigenvalue weighted by Crippen LogP contribution is 2.22. The molecule has 3 rings (SSSR count). The number of hydrogen-bond acceptors (Lipinski definition) is 2. The van der Waals surface area contributed by atoms with Gasteiger partial charge in [-0.25, -0.2) is 0 Å². The Morgan fingerprint density at radius 1 is 1.09 bits per heavy atom. The summed E-state index contributed by atoms with van der Waals surface area (Å²) in [5.41, 5.74) is 4.66. The maximum atomic E-state index is 12.1. The highest BCUT2D eigenvalue weighted by atomic mass is 16.5. The predicted molar refractivity (Wildman–Crippen MR) is 87.5 cm³/mol. The van der Waals surface area contributed by atoms with Crippen LogP contribution in [0.1, 0.15) is 33.5 Å². The first kappa shape index (κ1) is 14.6. The fraction of sp³-hybridized carbons (Fsp3) is 0.316. The Kier molecular flexibility index (Phi) is 4.42. The van der Waals surface area contributed by atoms with E-state index in [4.69, 9.17) is 4.74 Å². The van der Waals surface area contributed by atoms with Crippen LogP contribution in [0.4, 0.5) is 0 Å². The summed E-state index contributed by atoms with van der Waals surface area (Å²) in [6.07, 6.45) is 3.43. The minimum atomic E-state index is -0.0257. The quantitative estimate of drug-likeness (QED) is 0.860. The standard InChI is InChI=1S/C19H21NO2/c1-14-5-9-18(10-6-14)22-12-11-20-19(21)17-8-7-15-3-2-4-16(15)13-17/h5-10,13H,2-4,11-12H2,1H3,(H,20,21). The topological polar surface area (TPSA) is 38.3 Å². The van der Waals surface area contributed by atoms with Crippen molar-refractivity contribution in [3.05, 3.63) is 64.7 Å². The molecule has 0 unspecified atom stereocenters. The van der Waals surface area contributed by atoms with Crippen molar-refractivity contribution in [1.82, 2.24) is 5.32 Å². The Morgan fingerprint density at radius 2 is 1.86 bits per heavy atom. The summed E-state index contributed by atoms with van der Waals surface area (Å²) in [7, 11) is 0. The summed E-state index contributed by atoms with van der Waals surface area (Å²) >= 11 is 0. The van der Waals surface area contributed by atoms with E-state index in [1.807, 2.05) is 43.3 Å². The number of nitrogens with one attached hydrogen (secondary N) is 1. The van der Waals surface area contributed by atoms with Crippen molar-refractivity contribution in [1.29, 1.82) is 0 Å². The molecule has 0 saturated heterocycles. The average molecular weight is 295 g/mol. The second-order valence-corrected chi connectivity index (χ2v) is 5.75. The normalized spacial score (nSPS) is 12.8. The van der Waals surface area contributed by atoms with Crippen molar-refractivity contribution < 1.29 is 9.53 Å². The Hall–Kier alpha value is -2.29. The van der Waals surface area contributed by atoms with Crippen LogP contribution in [0.3, 0.4) is 0 Å². The summed E-state index contributed by atoms with van der Waals surface area (Å²) in [5, 5.41) is 2.91. The van der Waals surface area contributed by atoms with Gasteiger partial charge >= 0.3 is 0 Å². The number of carbonyl (C=O) groups excluding carboxylic acids is 1. The molecule has 0 radical (unpaired) electrons. The molecule has 2 aromatic carbocycles. The number of rotatable bonds is 5. The summed E-state index contributed by atoms with van der Waals surface area (Å²) < 4.78 is 5.61. The van der Waals surface area contributed by atoms with Crippen LogP contribution < -0.4 is 10.1 Å². The van der Waals surface area contributed by atoms with Gasteiger partial charge in [-0.15, -0.1) is 0 Å². The van der Waals surface area contributed by atoms with Crippen molar-refractivity contribution in [3.63, 3.8) is 0 Å². The molecule has 0 bridgehead atoms. The van der Waals surface area contributed by atoms with Crippen LogP contribution in [0, 0.1) is 6.92 Å². The Bertz CT molecular complexity index is 662. The third kappa shape index (κ3) is 3.48. The summed E-state index contributed by atoms with van der Waals surface area (Å²) in [6, 6.07) is 13.9. The molecular formula is C19H21NO2. The first-order valence-corrected chi connectivity index (χ1v) is 7.82. The van der Waals surface area contributed by atoms with Gasteiger partial charge in [-0.1, -0.05) is 23.8 Å². The van der Waals surface area contributed by atoms with Gasteiger partial charge in [-0.3, -0.25) is 4.79 Å². The number of hydrogen-bond donors (Lipinski definition) is 1. The fourth-order valence-electron chi connectivity index (χ4n) is 2.78. The number of ether oxygens (including phenoxy) is 1. The minimum absolute atomic E-state index is 0.0257. The molecule has 0 aliphatic heterocycles. The SMILES string of the molecule is Cc1ccc(OCCNC(=O)c2ccc3c(c2)CCC3)cc1. The molecule has 0 saturated carbocycles. The van der Waals surface area contributed by atoms with Crippen molar-refractivity contribution in [2.75, 3.05) is 13.2 Å². The van der Waals surface area contributed by atoms with Crippen molar-refractivity contribution in [2.45, 2.75) is 26.2 Å². The van der Waals surface area contributed by atoms with E-state index in [2.05, 4.69) is 11.4 Å². The molecule has 0 spiro atoms. The maximum absolute atomic E-state index is 12.1. The van der Waals surface area contributed by atoms with E-state index in [1.165, 1.54) is 23.1 Å². The third-order valence-corrected chi connectivity index (χ3v) is 4.04. The molecule has 0 atom stereocenters. The lowest BCUT2D eigenvalue weighted by Crippen LogP contribution is -2.28. The number of amides is 1. The lowest BCUT2D eigenvalue weighted by Gasteiger charge is -2.09. The molecule has 0 fully saturated rings. The number of carbonyl (C=O) groups is 1. The second kappa shape index (κ2) is 6.65. The van der Waals surface area contributed by atoms with E-state index in [0.717, 1.165) is 24.2 Å². The van der Waals surface area contributed by atoms with E-state index < -0.39 is 0 Å². The maximum Gasteiger partial charge on any atom is 0.251 e. The fourth-order valence-corrected chi connectivity index (χ4v) is 2.78. The lowest BCUT2D eigenvalue weighted by atomic mass is 10.1. The van der Waals surface area contributed by atoms with Gasteiger partial charge < -0.3 is 10.1 Å². The van der Waals surface area contributed by atoms with Crippen LogP contribution in [-0.4, -0.2) is 19.1 Å². The Morgan fingerprint density at radius 3 is 2.68 bits per heavy atom. The molecule has 1 N–H and O–H groups in total. The van der Waals surface area contributed by atoms with Gasteiger partial charge in [0.1, 0.15) is 12.4 Å². The third-order valence-electron chi connectivity index (χ3n) is 4.04. The van der Waals surface area contributed by atoms with Gasteiger partial charge in [0.25, 0.3) is 5.91 Å². The van der Waals surface area contributed by atoms with E-state index >= 15 is 0 Å². The predicted octanol–water partition coefficient (Wildman–Crippen LogP) is 3.29. The number of benzene rings is 2. The second-order valence-electron chi connectivity index (χ2n) is 5.75. The van der Waals surface area contributed by atoms with Crippen LogP contribution in [0.15, 0.2) is 42.5 Å². The molecule has 2 aromatic rings. The Labute approximate surface area is 131 Å². The smallest absolute Gasteiger partial charge is 0.251 e. The molecule has 22 heavy (non-hydrogen) atoms. The molecule has 114 valence electrons. The Balaban J connectivity index is 1.47. The largest absolute Gasteiger partial charge is 0.492 e. The van der Waals surface area contributed by atoms with E-state index in [0.29, 0.717) is 13.2 Å². The molecule has 1 amide bonds. The number of aryl methyl sites for hydroxylation is 3. The molecule has 1 aliphatic rings. The average Bonchev–Trinajstić information content (AvgIpc) is 3.00. The van der Waals surface area contributed by atoms with Crippen molar-refractivity contribution in [3.8, 4) is 5.75 Å². The van der Waals surface area contributed by atoms with Gasteiger partial charge in [0, 0.05) is 5.56 Å². The van der Waals surface area contributed by atoms with Gasteiger partial charge in [0.05, 0.1) is 6.54 Å². The molecule has 3 nitrogen and oxygen atoms in total. The van der Waals surface area contributed by atoms with Crippen LogP contribution in [0.25, 0.3) is 0 Å². The highest BCUT2D eigenvalue weighted by molar-refractivity contribution is 5.94. The van der Waals surface area contributed by atoms with Crippen molar-refractivity contribution >= 4 is 5.91 Å². The lowest BCUT2D eigenvalue weighted by molar-refractivity contribution is 0.0947. The summed E-state index contributed by atoms with van der Waals surface area (Å²) in [4.78, 5) is 12.1. The summed E-state index contributed by atoms with van der Waals surface area (Å²) in [6.45, 7) is 3.02. The van der Waals surface area contributed by atoms with Gasteiger partial charge in [-0.2, -0.15) is 0 Å². The van der Waals surface area contributed by atoms with Crippen molar-refractivity contribution in [2.24, 2.45) is 0 Å². The molecule has 0 aromatic heterocycles. The van der Waals surface area contributed by atoms with Gasteiger partial charge in [0.15, 0.2) is 0 Å². The first-order valence-electron chi connectivity index (χ1n) is 7.82. The summed E-state index contributed by atoms with van der Waals surface area (Å²) in [5.74, 6) is 0.805. The molecule has 0 heterocycles. The van der Waals surface area contributed by atoms with Gasteiger partial charge in [0.2, 0.25) is 0 Å². The van der Waals surface area contributed by atoms with Crippen LogP contribution in [0.5, 0.6) is 5.75 Å². The first-order chi connectivity index (χ1) is 10.7. The molecule has 1 aliphatic carbocycles. The van der Waals surface area contributed by atoms with Crippen LogP contribution in [0.2, 0.25) is 0 Å². The molecule has 3 heteroatoms. The van der Waals surface area contributed by atoms with E-state index in [1.54, 1.807) is 0 Å². The monoisotopic (exact) mass is 295 g/mol. The van der Waals surface area contributed by atoms with E-state index in [-0.39, 0.29) is 5.91 Å². The zero-order chi connectivity index (χ0) is 15.4. The highest BCUT2D eigenvalue weighted by Gasteiger charge is 2.13. The van der Waals surface area contributed by atoms with E-state index in [9.17, 15) is 4.79 Å². The van der Waals surface area contributed by atoms with Crippen LogP contribution >= 0.6 is 0 Å². The minimum Gasteiger partial charge on any atom is -0.492 e. The number of fused-ring (bicyclic) bond motifs is 1. The zero-order valence-corrected chi connectivity index (χ0v) is 12.9. The zero-order valence-electron chi connectivity index (χ0n) is 12.9. The molecular weight excluding hydrogens is 274 g/mol. The van der Waals surface area contributed by atoms with Gasteiger partial charge in [-0.05, 0) is 61.6 Å².